The molecule has 0 unspecified atom stereocenters. The molecule has 0 heterocycles. The number of nitrogens with one attached hydrogen (secondary N) is 2. The number of likely N-dealkylation sites (N-methyl/N-ethyl adjacent to an activating group) is 1. The van der Waals surface area contributed by atoms with E-state index in [0.717, 1.165) is 11.1 Å². The number of carbonyl (C=O) groups excluding carboxylic acids is 1. The van der Waals surface area contributed by atoms with Crippen LogP contribution in [0.5, 0.6) is 0 Å². The Balaban J connectivity index is 2.02. The zero-order valence-corrected chi connectivity index (χ0v) is 13.1. The van der Waals surface area contributed by atoms with Crippen molar-refractivity contribution in [1.29, 1.82) is 0 Å². The Hall–Kier alpha value is -2.34. The molecule has 2 rings (SSSR count). The number of benzene rings is 2. The lowest BCUT2D eigenvalue weighted by Gasteiger charge is -2.09. The Kier molecular flexibility index (Phi) is 5.16. The Morgan fingerprint density at radius 3 is 2.18 bits per heavy atom. The molecule has 116 valence electrons. The summed E-state index contributed by atoms with van der Waals surface area (Å²) < 4.78 is 26.7. The molecule has 0 radical (unpaired) electrons. The van der Waals surface area contributed by atoms with Crippen LogP contribution in [0.4, 0.5) is 5.69 Å². The fraction of sp³-hybridized carbons (Fsp3) is 0.188. The van der Waals surface area contributed by atoms with Crippen LogP contribution in [-0.2, 0) is 27.0 Å². The van der Waals surface area contributed by atoms with Gasteiger partial charge in [0.05, 0.1) is 12.2 Å². The summed E-state index contributed by atoms with van der Waals surface area (Å²) in [7, 11) is -1.88. The van der Waals surface area contributed by atoms with Crippen LogP contribution in [0.2, 0.25) is 0 Å². The van der Waals surface area contributed by atoms with E-state index in [2.05, 4.69) is 10.0 Å². The smallest absolute Gasteiger partial charge is 0.236 e. The van der Waals surface area contributed by atoms with Crippen molar-refractivity contribution in [3.05, 3.63) is 65.7 Å². The monoisotopic (exact) mass is 318 g/mol. The minimum absolute atomic E-state index is 0.0756. The van der Waals surface area contributed by atoms with Gasteiger partial charge in [-0.2, -0.15) is 0 Å². The molecule has 2 aromatic carbocycles. The van der Waals surface area contributed by atoms with Gasteiger partial charge in [0, 0.05) is 12.7 Å². The van der Waals surface area contributed by atoms with Gasteiger partial charge in [0.25, 0.3) is 0 Å². The maximum absolute atomic E-state index is 12.1. The van der Waals surface area contributed by atoms with Gasteiger partial charge < -0.3 is 5.32 Å². The van der Waals surface area contributed by atoms with Crippen molar-refractivity contribution in [1.82, 2.24) is 5.32 Å². The summed E-state index contributed by atoms with van der Waals surface area (Å²) in [5, 5.41) is 2.54. The van der Waals surface area contributed by atoms with E-state index in [1.54, 1.807) is 55.6 Å². The molecule has 2 aromatic rings. The van der Waals surface area contributed by atoms with Crippen molar-refractivity contribution < 1.29 is 13.2 Å². The standard InChI is InChI=1S/C16H18N2O3S/c1-17-16(19)11-13-7-9-15(10-8-13)18-22(20,21)12-14-5-3-2-4-6-14/h2-10,18H,11-12H2,1H3,(H,17,19). The summed E-state index contributed by atoms with van der Waals surface area (Å²) in [5.41, 5.74) is 2.04. The topological polar surface area (TPSA) is 75.3 Å². The molecule has 0 saturated heterocycles. The van der Waals surface area contributed by atoms with E-state index in [-0.39, 0.29) is 18.1 Å². The third-order valence-corrected chi connectivity index (χ3v) is 4.33. The molecular formula is C16H18N2O3S. The van der Waals surface area contributed by atoms with E-state index < -0.39 is 10.0 Å². The van der Waals surface area contributed by atoms with Crippen molar-refractivity contribution in [3.8, 4) is 0 Å². The number of hydrogen-bond acceptors (Lipinski definition) is 3. The van der Waals surface area contributed by atoms with E-state index in [1.165, 1.54) is 0 Å². The van der Waals surface area contributed by atoms with Crippen LogP contribution in [0, 0.1) is 0 Å². The predicted octanol–water partition coefficient (Wildman–Crippen LogP) is 1.92. The largest absolute Gasteiger partial charge is 0.359 e. The summed E-state index contributed by atoms with van der Waals surface area (Å²) in [5.74, 6) is -0.161. The number of anilines is 1. The Labute approximate surface area is 130 Å². The Morgan fingerprint density at radius 1 is 0.955 bits per heavy atom. The number of hydrogen-bond donors (Lipinski definition) is 2. The number of amides is 1. The highest BCUT2D eigenvalue weighted by Crippen LogP contribution is 2.14. The first-order valence-corrected chi connectivity index (χ1v) is 8.48. The van der Waals surface area contributed by atoms with Crippen molar-refractivity contribution >= 4 is 21.6 Å². The first-order chi connectivity index (χ1) is 10.5. The van der Waals surface area contributed by atoms with Crippen LogP contribution in [0.3, 0.4) is 0 Å². The summed E-state index contributed by atoms with van der Waals surface area (Å²) in [4.78, 5) is 11.3. The van der Waals surface area contributed by atoms with Crippen molar-refractivity contribution in [2.45, 2.75) is 12.2 Å². The van der Waals surface area contributed by atoms with Gasteiger partial charge in [-0.15, -0.1) is 0 Å². The second-order valence-corrected chi connectivity index (χ2v) is 6.62. The second-order valence-electron chi connectivity index (χ2n) is 4.89. The van der Waals surface area contributed by atoms with Crippen LogP contribution in [0.25, 0.3) is 0 Å². The molecule has 0 bridgehead atoms. The van der Waals surface area contributed by atoms with Gasteiger partial charge in [-0.3, -0.25) is 9.52 Å². The molecule has 0 aromatic heterocycles. The van der Waals surface area contributed by atoms with Gasteiger partial charge in [0.1, 0.15) is 0 Å². The average molecular weight is 318 g/mol. The molecule has 0 saturated carbocycles. The maximum atomic E-state index is 12.1. The van der Waals surface area contributed by atoms with E-state index in [9.17, 15) is 13.2 Å². The molecule has 0 aliphatic heterocycles. The first-order valence-electron chi connectivity index (χ1n) is 6.82. The van der Waals surface area contributed by atoms with Gasteiger partial charge >= 0.3 is 0 Å². The fourth-order valence-electron chi connectivity index (χ4n) is 1.97. The third-order valence-electron chi connectivity index (χ3n) is 3.07. The first kappa shape index (κ1) is 16.0. The minimum Gasteiger partial charge on any atom is -0.359 e. The lowest BCUT2D eigenvalue weighted by atomic mass is 10.1. The van der Waals surface area contributed by atoms with Crippen molar-refractivity contribution in [2.75, 3.05) is 11.8 Å². The summed E-state index contributed by atoms with van der Waals surface area (Å²) in [6, 6.07) is 15.8. The lowest BCUT2D eigenvalue weighted by Crippen LogP contribution is -2.20. The Bertz CT molecular complexity index is 726. The molecule has 22 heavy (non-hydrogen) atoms. The Morgan fingerprint density at radius 2 is 1.59 bits per heavy atom. The highest BCUT2D eigenvalue weighted by molar-refractivity contribution is 7.91. The lowest BCUT2D eigenvalue weighted by molar-refractivity contribution is -0.119. The van der Waals surface area contributed by atoms with Gasteiger partial charge in [0.15, 0.2) is 0 Å². The third kappa shape index (κ3) is 4.89. The number of rotatable bonds is 6. The quantitative estimate of drug-likeness (QED) is 0.854. The zero-order valence-electron chi connectivity index (χ0n) is 12.2. The van der Waals surface area contributed by atoms with Crippen LogP contribution in [0.1, 0.15) is 11.1 Å². The normalized spacial score (nSPS) is 11.0. The molecule has 5 nitrogen and oxygen atoms in total. The minimum atomic E-state index is -3.46. The molecule has 6 heteroatoms. The zero-order chi connectivity index (χ0) is 16.0. The summed E-state index contributed by atoms with van der Waals surface area (Å²) in [6.45, 7) is 0. The van der Waals surface area contributed by atoms with Crippen LogP contribution in [-0.4, -0.2) is 21.4 Å². The van der Waals surface area contributed by atoms with Gasteiger partial charge in [0.2, 0.25) is 15.9 Å². The molecule has 0 atom stereocenters. The van der Waals surface area contributed by atoms with Crippen molar-refractivity contribution in [2.24, 2.45) is 0 Å². The SMILES string of the molecule is CNC(=O)Cc1ccc(NS(=O)(=O)Cc2ccccc2)cc1. The molecule has 0 spiro atoms. The summed E-state index contributed by atoms with van der Waals surface area (Å²) >= 11 is 0. The molecular weight excluding hydrogens is 300 g/mol. The number of carbonyl (C=O) groups is 1. The van der Waals surface area contributed by atoms with Crippen LogP contribution >= 0.6 is 0 Å². The molecule has 0 fully saturated rings. The highest BCUT2D eigenvalue weighted by atomic mass is 32.2. The average Bonchev–Trinajstić information content (AvgIpc) is 2.49. The molecule has 1 amide bonds. The molecule has 0 aliphatic rings. The highest BCUT2D eigenvalue weighted by Gasteiger charge is 2.11. The van der Waals surface area contributed by atoms with Crippen LogP contribution in [0.15, 0.2) is 54.6 Å². The van der Waals surface area contributed by atoms with Crippen LogP contribution < -0.4 is 10.0 Å². The molecule has 0 aliphatic carbocycles. The second kappa shape index (κ2) is 7.09. The van der Waals surface area contributed by atoms with E-state index in [4.69, 9.17) is 0 Å². The summed E-state index contributed by atoms with van der Waals surface area (Å²) in [6.07, 6.45) is 0.271. The van der Waals surface area contributed by atoms with Gasteiger partial charge in [-0.05, 0) is 23.3 Å². The maximum Gasteiger partial charge on any atom is 0.236 e. The number of sulfonamides is 1. The van der Waals surface area contributed by atoms with E-state index in [0.29, 0.717) is 5.69 Å². The molecule has 2 N–H and O–H groups in total. The van der Waals surface area contributed by atoms with E-state index >= 15 is 0 Å². The van der Waals surface area contributed by atoms with Crippen molar-refractivity contribution in [3.63, 3.8) is 0 Å². The van der Waals surface area contributed by atoms with E-state index in [1.807, 2.05) is 6.07 Å². The fourth-order valence-corrected chi connectivity index (χ4v) is 3.17. The van der Waals surface area contributed by atoms with Gasteiger partial charge in [-0.25, -0.2) is 8.42 Å². The predicted molar refractivity (Wildman–Crippen MR) is 86.9 cm³/mol. The van der Waals surface area contributed by atoms with Gasteiger partial charge in [-0.1, -0.05) is 42.5 Å².